The molecule has 2 unspecified atom stereocenters. The Kier molecular flexibility index (Phi) is 1.44. The molecule has 1 saturated heterocycles. The summed E-state index contributed by atoms with van der Waals surface area (Å²) in [6, 6.07) is 8.17. The van der Waals surface area contributed by atoms with Gasteiger partial charge in [-0.2, -0.15) is 0 Å². The third-order valence-corrected chi connectivity index (χ3v) is 3.38. The minimum absolute atomic E-state index is 0.162. The lowest BCUT2D eigenvalue weighted by Crippen LogP contribution is -2.35. The third kappa shape index (κ3) is 0.936. The fourth-order valence-corrected chi connectivity index (χ4v) is 2.66. The Hall–Kier alpha value is -1.39. The molecule has 1 aromatic heterocycles. The fourth-order valence-electron chi connectivity index (χ4n) is 2.66. The first-order valence-electron chi connectivity index (χ1n) is 5.54. The van der Waals surface area contributed by atoms with Crippen molar-refractivity contribution in [2.75, 3.05) is 6.61 Å². The molecule has 3 heterocycles. The Morgan fingerprint density at radius 1 is 1.44 bits per heavy atom. The van der Waals surface area contributed by atoms with Gasteiger partial charge in [0.1, 0.15) is 6.10 Å². The van der Waals surface area contributed by atoms with E-state index in [1.54, 1.807) is 0 Å². The third-order valence-electron chi connectivity index (χ3n) is 3.38. The molecule has 4 heteroatoms. The average molecular weight is 216 g/mol. The summed E-state index contributed by atoms with van der Waals surface area (Å²) < 4.78 is 13.8. The van der Waals surface area contributed by atoms with E-state index in [0.29, 0.717) is 6.61 Å². The predicted molar refractivity (Wildman–Crippen MR) is 57.9 cm³/mol. The smallest absolute Gasteiger partial charge is 0.226 e. The van der Waals surface area contributed by atoms with Crippen molar-refractivity contribution in [3.63, 3.8) is 0 Å². The van der Waals surface area contributed by atoms with Gasteiger partial charge in [0, 0.05) is 0 Å². The van der Waals surface area contributed by atoms with Crippen molar-refractivity contribution in [3.05, 3.63) is 30.1 Å². The lowest BCUT2D eigenvalue weighted by atomic mass is 10.2. The zero-order chi connectivity index (χ0) is 10.8. The van der Waals surface area contributed by atoms with Gasteiger partial charge in [-0.15, -0.1) is 0 Å². The molecule has 1 aromatic carbocycles. The zero-order valence-electron chi connectivity index (χ0n) is 9.01. The van der Waals surface area contributed by atoms with E-state index in [0.717, 1.165) is 17.9 Å². The number of hydrogen-bond donors (Lipinski definition) is 0. The van der Waals surface area contributed by atoms with E-state index in [9.17, 15) is 0 Å². The van der Waals surface area contributed by atoms with Crippen LogP contribution in [0.4, 0.5) is 0 Å². The molecule has 4 rings (SSSR count). The van der Waals surface area contributed by atoms with Gasteiger partial charge in [0.05, 0.1) is 24.2 Å². The molecule has 0 aliphatic carbocycles. The highest BCUT2D eigenvalue weighted by atomic mass is 16.7. The van der Waals surface area contributed by atoms with Crippen molar-refractivity contribution in [2.45, 2.75) is 25.4 Å². The summed E-state index contributed by atoms with van der Waals surface area (Å²) in [4.78, 5) is 4.62. The van der Waals surface area contributed by atoms with E-state index in [-0.39, 0.29) is 6.10 Å². The average Bonchev–Trinajstić information content (AvgIpc) is 2.81. The van der Waals surface area contributed by atoms with Gasteiger partial charge >= 0.3 is 0 Å². The lowest BCUT2D eigenvalue weighted by molar-refractivity contribution is -0.181. The minimum atomic E-state index is -0.651. The van der Waals surface area contributed by atoms with E-state index in [1.165, 1.54) is 5.52 Å². The van der Waals surface area contributed by atoms with Crippen molar-refractivity contribution >= 4 is 11.0 Å². The van der Waals surface area contributed by atoms with Gasteiger partial charge in [0.2, 0.25) is 5.79 Å². The minimum Gasteiger partial charge on any atom is -0.341 e. The van der Waals surface area contributed by atoms with Gasteiger partial charge in [0.25, 0.3) is 0 Å². The second kappa shape index (κ2) is 2.64. The molecule has 2 aromatic rings. The van der Waals surface area contributed by atoms with Crippen molar-refractivity contribution in [2.24, 2.45) is 0 Å². The first kappa shape index (κ1) is 8.73. The molecule has 4 nitrogen and oxygen atoms in total. The number of imidazole rings is 1. The van der Waals surface area contributed by atoms with Crippen LogP contribution >= 0.6 is 0 Å². The number of fused-ring (bicyclic) bond motifs is 6. The second-order valence-electron chi connectivity index (χ2n) is 4.53. The van der Waals surface area contributed by atoms with E-state index >= 15 is 0 Å². The van der Waals surface area contributed by atoms with Gasteiger partial charge in [-0.1, -0.05) is 12.1 Å². The summed E-state index contributed by atoms with van der Waals surface area (Å²) in [5.74, 6) is 0.240. The number of benzene rings is 1. The van der Waals surface area contributed by atoms with Crippen LogP contribution in [0.1, 0.15) is 12.7 Å². The molecule has 2 aliphatic heterocycles. The van der Waals surface area contributed by atoms with Gasteiger partial charge in [-0.3, -0.25) is 0 Å². The maximum absolute atomic E-state index is 5.84. The Morgan fingerprint density at radius 3 is 3.25 bits per heavy atom. The van der Waals surface area contributed by atoms with Gasteiger partial charge in [0.15, 0.2) is 5.82 Å². The summed E-state index contributed by atoms with van der Waals surface area (Å²) in [5.41, 5.74) is 2.18. The van der Waals surface area contributed by atoms with Crippen LogP contribution in [0, 0.1) is 0 Å². The summed E-state index contributed by atoms with van der Waals surface area (Å²) in [6.07, 6.45) is 0.162. The number of hydrogen-bond acceptors (Lipinski definition) is 3. The van der Waals surface area contributed by atoms with Crippen molar-refractivity contribution < 1.29 is 9.47 Å². The Bertz CT molecular complexity index is 577. The highest BCUT2D eigenvalue weighted by Crippen LogP contribution is 2.39. The number of rotatable bonds is 0. The monoisotopic (exact) mass is 216 g/mol. The number of nitrogens with zero attached hydrogens (tertiary/aromatic N) is 2. The van der Waals surface area contributed by atoms with E-state index in [4.69, 9.17) is 9.47 Å². The Labute approximate surface area is 92.8 Å². The standard InChI is InChI=1S/C12H12N2O2/c1-12-11-13-9-4-2-3-5-10(9)14(11)6-8(16-12)7-15-12/h2-5,8H,6-7H2,1H3. The van der Waals surface area contributed by atoms with Gasteiger partial charge < -0.3 is 14.0 Å². The molecular weight excluding hydrogens is 204 g/mol. The van der Waals surface area contributed by atoms with Crippen LogP contribution in [0.2, 0.25) is 0 Å². The molecular formula is C12H12N2O2. The molecule has 82 valence electrons. The lowest BCUT2D eigenvalue weighted by Gasteiger charge is -2.28. The van der Waals surface area contributed by atoms with Gasteiger partial charge in [-0.05, 0) is 19.1 Å². The molecule has 16 heavy (non-hydrogen) atoms. The number of para-hydroxylation sites is 2. The van der Waals surface area contributed by atoms with Crippen molar-refractivity contribution in [1.29, 1.82) is 0 Å². The molecule has 0 saturated carbocycles. The predicted octanol–water partition coefficient (Wildman–Crippen LogP) is 1.64. The fraction of sp³-hybridized carbons (Fsp3) is 0.417. The first-order valence-corrected chi connectivity index (χ1v) is 5.54. The molecule has 1 fully saturated rings. The van der Waals surface area contributed by atoms with E-state index in [1.807, 2.05) is 25.1 Å². The first-order chi connectivity index (χ1) is 7.76. The summed E-state index contributed by atoms with van der Waals surface area (Å²) in [5, 5.41) is 0. The quantitative estimate of drug-likeness (QED) is 0.671. The van der Waals surface area contributed by atoms with E-state index in [2.05, 4.69) is 15.6 Å². The number of ether oxygens (including phenoxy) is 2. The highest BCUT2D eigenvalue weighted by molar-refractivity contribution is 5.76. The Balaban J connectivity index is 2.06. The van der Waals surface area contributed by atoms with Crippen LogP contribution in [-0.4, -0.2) is 22.3 Å². The van der Waals surface area contributed by atoms with Crippen molar-refractivity contribution in [1.82, 2.24) is 9.55 Å². The normalized spacial score (nSPS) is 31.9. The maximum atomic E-state index is 5.84. The largest absolute Gasteiger partial charge is 0.341 e. The highest BCUT2D eigenvalue weighted by Gasteiger charge is 2.47. The van der Waals surface area contributed by atoms with Crippen LogP contribution in [-0.2, 0) is 21.8 Å². The number of aromatic nitrogens is 2. The van der Waals surface area contributed by atoms with Crippen LogP contribution in [0.25, 0.3) is 11.0 Å². The molecule has 2 bridgehead atoms. The van der Waals surface area contributed by atoms with Crippen molar-refractivity contribution in [3.8, 4) is 0 Å². The molecule has 0 amide bonds. The van der Waals surface area contributed by atoms with Crippen LogP contribution < -0.4 is 0 Å². The maximum Gasteiger partial charge on any atom is 0.226 e. The molecule has 0 N–H and O–H groups in total. The molecule has 0 radical (unpaired) electrons. The topological polar surface area (TPSA) is 36.3 Å². The Morgan fingerprint density at radius 2 is 2.31 bits per heavy atom. The van der Waals surface area contributed by atoms with Crippen LogP contribution in [0.5, 0.6) is 0 Å². The SMILES string of the molecule is CC12OCC(Cn3c1nc1ccccc13)O2. The summed E-state index contributed by atoms with van der Waals surface area (Å²) in [6.45, 7) is 3.45. The molecule has 2 aliphatic rings. The zero-order valence-corrected chi connectivity index (χ0v) is 9.01. The van der Waals surface area contributed by atoms with Crippen LogP contribution in [0.3, 0.4) is 0 Å². The summed E-state index contributed by atoms with van der Waals surface area (Å²) >= 11 is 0. The van der Waals surface area contributed by atoms with Crippen LogP contribution in [0.15, 0.2) is 24.3 Å². The second-order valence-corrected chi connectivity index (χ2v) is 4.53. The molecule has 0 spiro atoms. The van der Waals surface area contributed by atoms with E-state index < -0.39 is 5.79 Å². The molecule has 2 atom stereocenters. The van der Waals surface area contributed by atoms with Gasteiger partial charge in [-0.25, -0.2) is 4.98 Å². The summed E-state index contributed by atoms with van der Waals surface area (Å²) in [7, 11) is 0.